The third kappa shape index (κ3) is 10.1. The van der Waals surface area contributed by atoms with Gasteiger partial charge in [-0.2, -0.15) is 0 Å². The SMILES string of the molecule is CO[Si](CCCSSCCC[Si](C)(C)O[Si](OC)(OC)c1ccc([Si](C)(C)C)cc1)(OC)OC. The van der Waals surface area contributed by atoms with Crippen molar-refractivity contribution in [2.45, 2.75) is 57.7 Å². The van der Waals surface area contributed by atoms with Crippen molar-refractivity contribution in [2.24, 2.45) is 0 Å². The van der Waals surface area contributed by atoms with Crippen LogP contribution in [-0.4, -0.2) is 81.1 Å². The van der Waals surface area contributed by atoms with Crippen LogP contribution in [0.15, 0.2) is 24.3 Å². The first-order chi connectivity index (χ1) is 15.9. The van der Waals surface area contributed by atoms with Crippen LogP contribution in [0.1, 0.15) is 12.8 Å². The fourth-order valence-corrected chi connectivity index (χ4v) is 15.9. The summed E-state index contributed by atoms with van der Waals surface area (Å²) in [4.78, 5) is 0. The summed E-state index contributed by atoms with van der Waals surface area (Å²) >= 11 is 0. The van der Waals surface area contributed by atoms with Crippen LogP contribution >= 0.6 is 21.6 Å². The molecule has 1 aromatic rings. The quantitative estimate of drug-likeness (QED) is 0.137. The van der Waals surface area contributed by atoms with Crippen LogP contribution in [0.25, 0.3) is 0 Å². The minimum absolute atomic E-state index is 0.845. The molecule has 1 rings (SSSR count). The second kappa shape index (κ2) is 15.1. The zero-order valence-corrected chi connectivity index (χ0v) is 28.5. The van der Waals surface area contributed by atoms with E-state index in [1.807, 2.05) is 21.6 Å². The summed E-state index contributed by atoms with van der Waals surface area (Å²) in [6.45, 7) is 11.6. The molecule has 0 aliphatic heterocycles. The van der Waals surface area contributed by atoms with Gasteiger partial charge in [-0.3, -0.25) is 0 Å². The first-order valence-corrected chi connectivity index (χ1v) is 24.5. The van der Waals surface area contributed by atoms with Gasteiger partial charge in [-0.05, 0) is 32.0 Å². The summed E-state index contributed by atoms with van der Waals surface area (Å²) in [5.41, 5.74) is 0. The van der Waals surface area contributed by atoms with Crippen LogP contribution in [-0.2, 0) is 26.2 Å². The second-order valence-electron chi connectivity index (χ2n) is 9.80. The van der Waals surface area contributed by atoms with Gasteiger partial charge in [-0.1, -0.05) is 70.7 Å². The fourth-order valence-electron chi connectivity index (χ4n) is 3.63. The zero-order chi connectivity index (χ0) is 25.9. The van der Waals surface area contributed by atoms with E-state index in [4.69, 9.17) is 26.2 Å². The molecule has 0 bridgehead atoms. The van der Waals surface area contributed by atoms with Crippen molar-refractivity contribution in [3.05, 3.63) is 24.3 Å². The Morgan fingerprint density at radius 3 is 1.47 bits per heavy atom. The van der Waals surface area contributed by atoms with E-state index in [0.717, 1.165) is 41.6 Å². The Morgan fingerprint density at radius 1 is 0.618 bits per heavy atom. The van der Waals surface area contributed by atoms with Gasteiger partial charge in [0.25, 0.3) is 0 Å². The van der Waals surface area contributed by atoms with E-state index in [-0.39, 0.29) is 0 Å². The van der Waals surface area contributed by atoms with Crippen LogP contribution in [0.5, 0.6) is 0 Å². The molecule has 0 saturated carbocycles. The lowest BCUT2D eigenvalue weighted by Crippen LogP contribution is -2.60. The van der Waals surface area contributed by atoms with Crippen molar-refractivity contribution in [3.8, 4) is 0 Å². The van der Waals surface area contributed by atoms with Crippen molar-refractivity contribution in [3.63, 3.8) is 0 Å². The van der Waals surface area contributed by atoms with Gasteiger partial charge in [0.05, 0.1) is 8.07 Å². The van der Waals surface area contributed by atoms with Crippen molar-refractivity contribution in [1.29, 1.82) is 0 Å². The topological polar surface area (TPSA) is 55.4 Å². The molecule has 1 aromatic carbocycles. The minimum Gasteiger partial charge on any atom is -0.412 e. The van der Waals surface area contributed by atoms with Crippen LogP contribution in [0.2, 0.25) is 44.8 Å². The van der Waals surface area contributed by atoms with Gasteiger partial charge in [0, 0.05) is 58.3 Å². The van der Waals surface area contributed by atoms with Gasteiger partial charge in [0.2, 0.25) is 0 Å². The Balaban J connectivity index is 2.53. The highest BCUT2D eigenvalue weighted by molar-refractivity contribution is 8.76. The molecule has 0 aliphatic carbocycles. The maximum absolute atomic E-state index is 6.75. The van der Waals surface area contributed by atoms with Crippen LogP contribution in [0.3, 0.4) is 0 Å². The molecule has 0 heterocycles. The highest BCUT2D eigenvalue weighted by Gasteiger charge is 2.46. The second-order valence-corrected chi connectivity index (χ2v) is 28.0. The molecule has 0 spiro atoms. The molecule has 0 amide bonds. The first kappa shape index (κ1) is 32.6. The molecular weight excluding hydrogens is 537 g/mol. The predicted molar refractivity (Wildman–Crippen MR) is 158 cm³/mol. The lowest BCUT2D eigenvalue weighted by molar-refractivity contribution is 0.123. The summed E-state index contributed by atoms with van der Waals surface area (Å²) in [5, 5.41) is 2.48. The molecule has 0 aliphatic rings. The van der Waals surface area contributed by atoms with E-state index < -0.39 is 34.0 Å². The van der Waals surface area contributed by atoms with Gasteiger partial charge >= 0.3 is 17.6 Å². The van der Waals surface area contributed by atoms with E-state index in [1.54, 1.807) is 35.5 Å². The molecule has 0 aromatic heterocycles. The third-order valence-corrected chi connectivity index (χ3v) is 20.2. The Morgan fingerprint density at radius 2 is 1.06 bits per heavy atom. The largest absolute Gasteiger partial charge is 0.526 e. The van der Waals surface area contributed by atoms with E-state index in [2.05, 4.69) is 57.0 Å². The molecule has 0 unspecified atom stereocenters. The molecule has 198 valence electrons. The van der Waals surface area contributed by atoms with Crippen LogP contribution < -0.4 is 10.4 Å². The maximum Gasteiger partial charge on any atom is 0.526 e. The lowest BCUT2D eigenvalue weighted by Gasteiger charge is -2.35. The smallest absolute Gasteiger partial charge is 0.412 e. The highest BCUT2D eigenvalue weighted by atomic mass is 33.1. The Labute approximate surface area is 220 Å². The van der Waals surface area contributed by atoms with E-state index in [1.165, 1.54) is 5.19 Å². The number of hydrogen-bond donors (Lipinski definition) is 0. The maximum atomic E-state index is 6.75. The van der Waals surface area contributed by atoms with Crippen LogP contribution in [0, 0.1) is 0 Å². The number of hydrogen-bond acceptors (Lipinski definition) is 8. The highest BCUT2D eigenvalue weighted by Crippen LogP contribution is 2.28. The average molecular weight is 583 g/mol. The summed E-state index contributed by atoms with van der Waals surface area (Å²) < 4.78 is 35.1. The summed E-state index contributed by atoms with van der Waals surface area (Å²) in [6, 6.07) is 10.7. The zero-order valence-electron chi connectivity index (χ0n) is 22.8. The van der Waals surface area contributed by atoms with Crippen LogP contribution in [0.4, 0.5) is 0 Å². The molecule has 0 radical (unpaired) electrons. The van der Waals surface area contributed by atoms with Gasteiger partial charge in [-0.25, -0.2) is 0 Å². The van der Waals surface area contributed by atoms with Crippen molar-refractivity contribution in [2.75, 3.05) is 47.1 Å². The van der Waals surface area contributed by atoms with E-state index in [0.29, 0.717) is 0 Å². The minimum atomic E-state index is -2.92. The molecule has 0 atom stereocenters. The van der Waals surface area contributed by atoms with Gasteiger partial charge in [0.15, 0.2) is 8.32 Å². The fraction of sp³-hybridized carbons (Fsp3) is 0.727. The molecule has 0 fully saturated rings. The van der Waals surface area contributed by atoms with Gasteiger partial charge in [-0.15, -0.1) is 0 Å². The molecule has 12 heteroatoms. The summed E-state index contributed by atoms with van der Waals surface area (Å²) in [7, 11) is 3.59. The van der Waals surface area contributed by atoms with Crippen molar-refractivity contribution in [1.82, 2.24) is 0 Å². The number of rotatable bonds is 18. The Kier molecular flexibility index (Phi) is 14.4. The van der Waals surface area contributed by atoms with Gasteiger partial charge in [0.1, 0.15) is 0 Å². The molecular formula is C22H46O6S2Si4. The molecule has 0 saturated heterocycles. The monoisotopic (exact) mass is 582 g/mol. The van der Waals surface area contributed by atoms with Gasteiger partial charge < -0.3 is 26.2 Å². The Hall–Kier alpha value is 0.548. The van der Waals surface area contributed by atoms with E-state index in [9.17, 15) is 0 Å². The van der Waals surface area contributed by atoms with E-state index >= 15 is 0 Å². The average Bonchev–Trinajstić information content (AvgIpc) is 2.81. The standard InChI is InChI=1S/C22H46O6S2Si4/c1-23-33(24-2,25-3)20-12-18-30-29-17-11-19-32(9,10)28-34(26-4,27-5)22-15-13-21(14-16-22)31(6,7)8/h13-16H,11-12,17-20H2,1-10H3. The molecule has 34 heavy (non-hydrogen) atoms. The van der Waals surface area contributed by atoms with Crippen molar-refractivity contribution >= 4 is 66.0 Å². The summed E-state index contributed by atoms with van der Waals surface area (Å²) in [6.07, 6.45) is 2.14. The Bertz CT molecular complexity index is 687. The first-order valence-electron chi connectivity index (χ1n) is 11.7. The third-order valence-electron chi connectivity index (χ3n) is 5.79. The molecule has 6 nitrogen and oxygen atoms in total. The van der Waals surface area contributed by atoms with Crippen molar-refractivity contribution < 1.29 is 26.2 Å². The normalized spacial score (nSPS) is 13.5. The number of benzene rings is 1. The predicted octanol–water partition coefficient (Wildman–Crippen LogP) is 4.93. The lowest BCUT2D eigenvalue weighted by atomic mass is 10.4. The summed E-state index contributed by atoms with van der Waals surface area (Å²) in [5.74, 6) is 2.16. The molecule has 0 N–H and O–H groups in total.